The van der Waals surface area contributed by atoms with Crippen molar-refractivity contribution < 1.29 is 8.91 Å². The Balaban J connectivity index is 2.28. The molecule has 2 N–H and O–H groups in total. The molecule has 6 heteroatoms. The van der Waals surface area contributed by atoms with Crippen molar-refractivity contribution in [2.45, 2.75) is 19.4 Å². The Kier molecular flexibility index (Phi) is 2.91. The second-order valence-corrected chi connectivity index (χ2v) is 3.33. The second kappa shape index (κ2) is 4.36. The van der Waals surface area contributed by atoms with Crippen LogP contribution in [0.5, 0.6) is 0 Å². The van der Waals surface area contributed by atoms with Crippen LogP contribution in [0.15, 0.2) is 22.9 Å². The molecule has 0 fully saturated rings. The molecule has 0 aliphatic rings. The molecule has 0 aliphatic heterocycles. The van der Waals surface area contributed by atoms with Crippen LogP contribution in [-0.2, 0) is 0 Å². The summed E-state index contributed by atoms with van der Waals surface area (Å²) in [6.07, 6.45) is 1.81. The number of pyridine rings is 1. The number of halogens is 1. The molecule has 1 unspecified atom stereocenters. The highest BCUT2D eigenvalue weighted by Gasteiger charge is 2.14. The third-order valence-corrected chi connectivity index (χ3v) is 2.16. The number of hydrogen-bond acceptors (Lipinski definition) is 5. The Morgan fingerprint density at radius 3 is 2.94 bits per heavy atom. The SMILES string of the molecule is CCC(N)c1nc(-c2ccc(F)cn2)no1. The third-order valence-electron chi connectivity index (χ3n) is 2.16. The van der Waals surface area contributed by atoms with Gasteiger partial charge in [-0.05, 0) is 18.6 Å². The second-order valence-electron chi connectivity index (χ2n) is 3.33. The fourth-order valence-corrected chi connectivity index (χ4v) is 1.17. The lowest BCUT2D eigenvalue weighted by atomic mass is 10.2. The number of aromatic nitrogens is 3. The standard InChI is InChI=1S/C10H11FN4O/c1-2-7(12)10-14-9(15-16-10)8-4-3-6(11)5-13-8/h3-5,7H,2,12H2,1H3. The molecular formula is C10H11FN4O. The van der Waals surface area contributed by atoms with Crippen LogP contribution in [0.3, 0.4) is 0 Å². The van der Waals surface area contributed by atoms with Crippen LogP contribution in [-0.4, -0.2) is 15.1 Å². The van der Waals surface area contributed by atoms with E-state index in [2.05, 4.69) is 15.1 Å². The quantitative estimate of drug-likeness (QED) is 0.854. The van der Waals surface area contributed by atoms with E-state index < -0.39 is 5.82 Å². The Labute approximate surface area is 91.5 Å². The van der Waals surface area contributed by atoms with Gasteiger partial charge in [-0.2, -0.15) is 4.98 Å². The van der Waals surface area contributed by atoms with E-state index in [1.165, 1.54) is 12.1 Å². The summed E-state index contributed by atoms with van der Waals surface area (Å²) < 4.78 is 17.6. The van der Waals surface area contributed by atoms with Gasteiger partial charge in [0.15, 0.2) is 0 Å². The Hall–Kier alpha value is -1.82. The number of hydrogen-bond donors (Lipinski definition) is 1. The molecule has 5 nitrogen and oxygen atoms in total. The molecule has 0 spiro atoms. The average Bonchev–Trinajstić information content (AvgIpc) is 2.78. The fourth-order valence-electron chi connectivity index (χ4n) is 1.17. The van der Waals surface area contributed by atoms with Crippen molar-refractivity contribution in [3.63, 3.8) is 0 Å². The Morgan fingerprint density at radius 1 is 1.50 bits per heavy atom. The van der Waals surface area contributed by atoms with Crippen molar-refractivity contribution in [1.82, 2.24) is 15.1 Å². The highest BCUT2D eigenvalue weighted by Crippen LogP contribution is 2.17. The molecule has 1 atom stereocenters. The molecule has 0 aromatic carbocycles. The van der Waals surface area contributed by atoms with Gasteiger partial charge in [0.25, 0.3) is 0 Å². The van der Waals surface area contributed by atoms with Gasteiger partial charge >= 0.3 is 0 Å². The monoisotopic (exact) mass is 222 g/mol. The molecule has 84 valence electrons. The van der Waals surface area contributed by atoms with Gasteiger partial charge in [-0.3, -0.25) is 0 Å². The van der Waals surface area contributed by atoms with Crippen LogP contribution in [0.4, 0.5) is 4.39 Å². The van der Waals surface area contributed by atoms with Gasteiger partial charge in [0.2, 0.25) is 11.7 Å². The van der Waals surface area contributed by atoms with Crippen molar-refractivity contribution in [3.05, 3.63) is 30.0 Å². The van der Waals surface area contributed by atoms with E-state index in [1.54, 1.807) is 0 Å². The van der Waals surface area contributed by atoms with E-state index in [1.807, 2.05) is 6.92 Å². The van der Waals surface area contributed by atoms with Gasteiger partial charge in [-0.25, -0.2) is 9.37 Å². The molecule has 0 amide bonds. The van der Waals surface area contributed by atoms with Crippen LogP contribution < -0.4 is 5.73 Å². The third kappa shape index (κ3) is 2.06. The van der Waals surface area contributed by atoms with Crippen LogP contribution in [0.2, 0.25) is 0 Å². The molecular weight excluding hydrogens is 211 g/mol. The van der Waals surface area contributed by atoms with Gasteiger partial charge in [-0.15, -0.1) is 0 Å². The minimum absolute atomic E-state index is 0.276. The number of nitrogens with two attached hydrogens (primary N) is 1. The first-order valence-electron chi connectivity index (χ1n) is 4.92. The van der Waals surface area contributed by atoms with E-state index in [9.17, 15) is 4.39 Å². The highest BCUT2D eigenvalue weighted by molar-refractivity contribution is 5.47. The van der Waals surface area contributed by atoms with Crippen molar-refractivity contribution in [3.8, 4) is 11.5 Å². The van der Waals surface area contributed by atoms with Crippen molar-refractivity contribution in [2.75, 3.05) is 0 Å². The maximum atomic E-state index is 12.6. The lowest BCUT2D eigenvalue weighted by molar-refractivity contribution is 0.352. The van der Waals surface area contributed by atoms with Gasteiger partial charge in [0.1, 0.15) is 11.5 Å². The minimum Gasteiger partial charge on any atom is -0.337 e. The highest BCUT2D eigenvalue weighted by atomic mass is 19.1. The predicted molar refractivity (Wildman–Crippen MR) is 54.7 cm³/mol. The first kappa shape index (κ1) is 10.7. The maximum absolute atomic E-state index is 12.6. The molecule has 2 rings (SSSR count). The van der Waals surface area contributed by atoms with E-state index in [0.29, 0.717) is 23.8 Å². The van der Waals surface area contributed by atoms with Crippen LogP contribution in [0.1, 0.15) is 25.3 Å². The Bertz CT molecular complexity index is 468. The summed E-state index contributed by atoms with van der Waals surface area (Å²) in [7, 11) is 0. The van der Waals surface area contributed by atoms with Gasteiger partial charge < -0.3 is 10.3 Å². The molecule has 0 saturated carbocycles. The van der Waals surface area contributed by atoms with Crippen molar-refractivity contribution >= 4 is 0 Å². The zero-order valence-corrected chi connectivity index (χ0v) is 8.72. The smallest absolute Gasteiger partial charge is 0.243 e. The van der Waals surface area contributed by atoms with Crippen LogP contribution >= 0.6 is 0 Å². The summed E-state index contributed by atoms with van der Waals surface area (Å²) >= 11 is 0. The first-order valence-corrected chi connectivity index (χ1v) is 4.92. The van der Waals surface area contributed by atoms with Gasteiger partial charge in [0.05, 0.1) is 12.2 Å². The van der Waals surface area contributed by atoms with Crippen molar-refractivity contribution in [2.24, 2.45) is 5.73 Å². The molecule has 0 aliphatic carbocycles. The topological polar surface area (TPSA) is 77.8 Å². The zero-order chi connectivity index (χ0) is 11.5. The molecule has 2 heterocycles. The van der Waals surface area contributed by atoms with Crippen molar-refractivity contribution in [1.29, 1.82) is 0 Å². The summed E-state index contributed by atoms with van der Waals surface area (Å²) in [6, 6.07) is 2.50. The first-order chi connectivity index (χ1) is 7.70. The summed E-state index contributed by atoms with van der Waals surface area (Å²) in [5.41, 5.74) is 6.19. The molecule has 0 saturated heterocycles. The summed E-state index contributed by atoms with van der Waals surface area (Å²) in [5.74, 6) is 0.278. The number of nitrogens with zero attached hydrogens (tertiary/aromatic N) is 3. The minimum atomic E-state index is -0.405. The molecule has 0 bridgehead atoms. The lowest BCUT2D eigenvalue weighted by Crippen LogP contribution is -2.08. The van der Waals surface area contributed by atoms with E-state index in [-0.39, 0.29) is 6.04 Å². The summed E-state index contributed by atoms with van der Waals surface area (Å²) in [5, 5.41) is 3.73. The average molecular weight is 222 g/mol. The van der Waals surface area contributed by atoms with E-state index >= 15 is 0 Å². The molecule has 2 aromatic heterocycles. The summed E-state index contributed by atoms with van der Waals surface area (Å²) in [4.78, 5) is 7.94. The Morgan fingerprint density at radius 2 is 2.31 bits per heavy atom. The van der Waals surface area contributed by atoms with E-state index in [0.717, 1.165) is 6.20 Å². The van der Waals surface area contributed by atoms with Gasteiger partial charge in [0, 0.05) is 0 Å². The molecule has 16 heavy (non-hydrogen) atoms. The van der Waals surface area contributed by atoms with Crippen LogP contribution in [0, 0.1) is 5.82 Å². The molecule has 2 aromatic rings. The number of rotatable bonds is 3. The zero-order valence-electron chi connectivity index (χ0n) is 8.72. The summed E-state index contributed by atoms with van der Waals surface area (Å²) in [6.45, 7) is 1.92. The predicted octanol–water partition coefficient (Wildman–Crippen LogP) is 1.68. The van der Waals surface area contributed by atoms with E-state index in [4.69, 9.17) is 10.3 Å². The lowest BCUT2D eigenvalue weighted by Gasteiger charge is -1.99. The van der Waals surface area contributed by atoms with Crippen LogP contribution in [0.25, 0.3) is 11.5 Å². The normalized spacial score (nSPS) is 12.7. The van der Waals surface area contributed by atoms with Gasteiger partial charge in [-0.1, -0.05) is 12.1 Å². The molecule has 0 radical (unpaired) electrons. The fraction of sp³-hybridized carbons (Fsp3) is 0.300. The maximum Gasteiger partial charge on any atom is 0.243 e. The largest absolute Gasteiger partial charge is 0.337 e.